The Morgan fingerprint density at radius 2 is 1.47 bits per heavy atom. The molecule has 0 spiro atoms. The van der Waals surface area contributed by atoms with Crippen molar-refractivity contribution in [3.8, 4) is 39.9 Å². The number of hydrogen-bond acceptors (Lipinski definition) is 6. The number of ether oxygens (including phenoxy) is 2. The van der Waals surface area contributed by atoms with Crippen LogP contribution in [0.2, 0.25) is 0 Å². The predicted molar refractivity (Wildman–Crippen MR) is 195 cm³/mol. The number of benzene rings is 4. The summed E-state index contributed by atoms with van der Waals surface area (Å²) < 4.78 is 15.8. The largest absolute Gasteiger partial charge is 2.00 e. The summed E-state index contributed by atoms with van der Waals surface area (Å²) in [7, 11) is 10.0. The molecule has 0 saturated heterocycles. The second-order valence-electron chi connectivity index (χ2n) is 12.4. The van der Waals surface area contributed by atoms with Crippen molar-refractivity contribution in [2.24, 2.45) is 0 Å². The number of anilines is 2. The van der Waals surface area contributed by atoms with Crippen LogP contribution >= 0.6 is 0 Å². The van der Waals surface area contributed by atoms with Gasteiger partial charge in [0.1, 0.15) is 11.6 Å². The first-order valence-electron chi connectivity index (χ1n) is 15.9. The zero-order valence-corrected chi connectivity index (χ0v) is 31.2. The standard InChI is InChI=1S/C40H38N6O2.Pt/c1-25-26(2)39(43(4)5)38(40(27(25)3)44(6)7)28-23-42-45(24-28)29-12-11-13-31(20-29)48-32-16-17-34-33-14-9-10-15-35(33)46(36(34)21-32)37-22-30(47-8)18-19-41-37;/h9-19,22-24H,1-8H3;/q-2;+2. The number of aromatic nitrogens is 4. The second-order valence-corrected chi connectivity index (χ2v) is 12.4. The van der Waals surface area contributed by atoms with Crippen LogP contribution in [0.4, 0.5) is 11.4 Å². The van der Waals surface area contributed by atoms with E-state index in [0.717, 1.165) is 50.2 Å². The first kappa shape index (κ1) is 33.8. The van der Waals surface area contributed by atoms with E-state index >= 15 is 0 Å². The van der Waals surface area contributed by atoms with E-state index in [1.54, 1.807) is 13.3 Å². The molecule has 3 heterocycles. The van der Waals surface area contributed by atoms with E-state index in [4.69, 9.17) is 14.6 Å². The molecule has 0 radical (unpaired) electrons. The van der Waals surface area contributed by atoms with Crippen molar-refractivity contribution in [3.05, 3.63) is 114 Å². The molecule has 0 saturated carbocycles. The third-order valence-corrected chi connectivity index (χ3v) is 9.03. The van der Waals surface area contributed by atoms with Crippen LogP contribution in [0.5, 0.6) is 17.2 Å². The van der Waals surface area contributed by atoms with Gasteiger partial charge in [-0.1, -0.05) is 23.7 Å². The number of pyridine rings is 1. The van der Waals surface area contributed by atoms with Crippen LogP contribution in [0.25, 0.3) is 44.4 Å². The molecular weight excluding hydrogens is 792 g/mol. The van der Waals surface area contributed by atoms with Crippen LogP contribution in [0.1, 0.15) is 16.7 Å². The summed E-state index contributed by atoms with van der Waals surface area (Å²) in [5.74, 6) is 2.61. The van der Waals surface area contributed by atoms with Gasteiger partial charge >= 0.3 is 21.1 Å². The summed E-state index contributed by atoms with van der Waals surface area (Å²) >= 11 is 0. The summed E-state index contributed by atoms with van der Waals surface area (Å²) in [5, 5.41) is 6.95. The zero-order chi connectivity index (χ0) is 33.7. The Balaban J connectivity index is 0.00000417. The predicted octanol–water partition coefficient (Wildman–Crippen LogP) is 8.49. The van der Waals surface area contributed by atoms with Crippen LogP contribution in [-0.2, 0) is 21.1 Å². The van der Waals surface area contributed by atoms with Gasteiger partial charge in [-0.25, -0.2) is 4.98 Å². The fourth-order valence-electron chi connectivity index (χ4n) is 6.67. The van der Waals surface area contributed by atoms with Gasteiger partial charge in [0.25, 0.3) is 0 Å². The summed E-state index contributed by atoms with van der Waals surface area (Å²) in [6, 6.07) is 28.8. The van der Waals surface area contributed by atoms with Crippen molar-refractivity contribution in [3.63, 3.8) is 0 Å². The average molecular weight is 830 g/mol. The van der Waals surface area contributed by atoms with Crippen LogP contribution in [0.15, 0.2) is 85.3 Å². The van der Waals surface area contributed by atoms with Gasteiger partial charge in [0, 0.05) is 86.2 Å². The fraction of sp³-hybridized carbons (Fsp3) is 0.200. The summed E-state index contributed by atoms with van der Waals surface area (Å²) in [5.41, 5.74) is 11.1. The minimum atomic E-state index is 0. The van der Waals surface area contributed by atoms with Crippen molar-refractivity contribution in [1.29, 1.82) is 0 Å². The van der Waals surface area contributed by atoms with Crippen LogP contribution < -0.4 is 19.3 Å². The quantitative estimate of drug-likeness (QED) is 0.143. The van der Waals surface area contributed by atoms with Gasteiger partial charge in [-0.15, -0.1) is 35.7 Å². The van der Waals surface area contributed by atoms with Gasteiger partial charge in [0.15, 0.2) is 0 Å². The van der Waals surface area contributed by atoms with E-state index in [-0.39, 0.29) is 21.1 Å². The molecule has 0 aliphatic heterocycles. The first-order chi connectivity index (χ1) is 23.2. The third-order valence-electron chi connectivity index (χ3n) is 9.03. The van der Waals surface area contributed by atoms with E-state index in [0.29, 0.717) is 11.5 Å². The molecule has 0 aliphatic rings. The Morgan fingerprint density at radius 1 is 0.755 bits per heavy atom. The van der Waals surface area contributed by atoms with Gasteiger partial charge in [-0.3, -0.25) is 4.68 Å². The van der Waals surface area contributed by atoms with E-state index in [2.05, 4.69) is 105 Å². The molecule has 250 valence electrons. The fourth-order valence-corrected chi connectivity index (χ4v) is 6.67. The Labute approximate surface area is 301 Å². The Kier molecular flexibility index (Phi) is 9.28. The molecular formula is C40H38N6O2Pt. The maximum Gasteiger partial charge on any atom is 2.00 e. The minimum Gasteiger partial charge on any atom is -0.509 e. The molecule has 7 rings (SSSR count). The van der Waals surface area contributed by atoms with Crippen molar-refractivity contribution in [1.82, 2.24) is 19.3 Å². The topological polar surface area (TPSA) is 60.6 Å². The molecule has 0 N–H and O–H groups in total. The molecule has 0 atom stereocenters. The number of fused-ring (bicyclic) bond motifs is 3. The maximum absolute atomic E-state index is 6.39. The molecule has 49 heavy (non-hydrogen) atoms. The average Bonchev–Trinajstić information content (AvgIpc) is 3.70. The van der Waals surface area contributed by atoms with E-state index in [1.807, 2.05) is 59.4 Å². The molecule has 0 unspecified atom stereocenters. The maximum atomic E-state index is 6.39. The molecule has 0 bridgehead atoms. The van der Waals surface area contributed by atoms with Gasteiger partial charge in [-0.2, -0.15) is 17.2 Å². The van der Waals surface area contributed by atoms with Crippen LogP contribution in [0, 0.1) is 32.9 Å². The smallest absolute Gasteiger partial charge is 0.509 e. The second kappa shape index (κ2) is 13.4. The molecule has 4 aromatic carbocycles. The third kappa shape index (κ3) is 5.95. The van der Waals surface area contributed by atoms with Crippen molar-refractivity contribution >= 4 is 33.2 Å². The van der Waals surface area contributed by atoms with Gasteiger partial charge in [0.2, 0.25) is 0 Å². The molecule has 7 aromatic rings. The minimum absolute atomic E-state index is 0. The normalized spacial score (nSPS) is 11.1. The first-order valence-corrected chi connectivity index (χ1v) is 15.9. The molecule has 3 aromatic heterocycles. The zero-order valence-electron chi connectivity index (χ0n) is 28.9. The van der Waals surface area contributed by atoms with Crippen LogP contribution in [0.3, 0.4) is 0 Å². The van der Waals surface area contributed by atoms with Crippen LogP contribution in [-0.4, -0.2) is 54.6 Å². The van der Waals surface area contributed by atoms with E-state index in [9.17, 15) is 0 Å². The van der Waals surface area contributed by atoms with Crippen molar-refractivity contribution in [2.75, 3.05) is 45.1 Å². The molecule has 0 fully saturated rings. The summed E-state index contributed by atoms with van der Waals surface area (Å²) in [6.07, 6.45) is 5.75. The number of hydrogen-bond donors (Lipinski definition) is 0. The van der Waals surface area contributed by atoms with Crippen molar-refractivity contribution in [2.45, 2.75) is 20.8 Å². The number of nitrogens with zero attached hydrogens (tertiary/aromatic N) is 6. The number of rotatable bonds is 8. The van der Waals surface area contributed by atoms with Gasteiger partial charge in [0.05, 0.1) is 13.3 Å². The van der Waals surface area contributed by atoms with Gasteiger partial charge < -0.3 is 23.8 Å². The molecule has 9 heteroatoms. The van der Waals surface area contributed by atoms with Crippen molar-refractivity contribution < 1.29 is 30.5 Å². The molecule has 0 aliphatic carbocycles. The Bertz CT molecular complexity index is 2290. The Hall–Kier alpha value is -5.07. The SMILES string of the molecule is COc1ccnc(-n2c3[c-]c(Oc4[c-]c(-n5cc(-c6c(N(C)C)c(C)c(C)c(C)c6N(C)C)cn5)ccc4)ccc3c3ccccc32)c1.[Pt+2]. The Morgan fingerprint density at radius 3 is 2.18 bits per heavy atom. The number of para-hydroxylation sites is 1. The monoisotopic (exact) mass is 829 g/mol. The van der Waals surface area contributed by atoms with Gasteiger partial charge in [-0.05, 0) is 60.7 Å². The van der Waals surface area contributed by atoms with E-state index in [1.165, 1.54) is 28.1 Å². The molecule has 8 nitrogen and oxygen atoms in total. The summed E-state index contributed by atoms with van der Waals surface area (Å²) in [4.78, 5) is 9.04. The summed E-state index contributed by atoms with van der Waals surface area (Å²) in [6.45, 7) is 6.59. The van der Waals surface area contributed by atoms with E-state index < -0.39 is 0 Å². The number of methoxy groups -OCH3 is 1. The molecule has 0 amide bonds.